The Balaban J connectivity index is 1.80. The van der Waals surface area contributed by atoms with Crippen molar-refractivity contribution < 1.29 is 19.4 Å². The van der Waals surface area contributed by atoms with Gasteiger partial charge in [-0.3, -0.25) is 14.5 Å². The van der Waals surface area contributed by atoms with Crippen molar-refractivity contribution in [3.63, 3.8) is 0 Å². The summed E-state index contributed by atoms with van der Waals surface area (Å²) in [6.45, 7) is 3.11. The second-order valence-electron chi connectivity index (χ2n) is 6.22. The van der Waals surface area contributed by atoms with E-state index in [1.165, 1.54) is 11.3 Å². The number of ether oxygens (including phenoxy) is 1. The van der Waals surface area contributed by atoms with Crippen LogP contribution < -0.4 is 4.74 Å². The van der Waals surface area contributed by atoms with Crippen LogP contribution in [0.15, 0.2) is 34.8 Å². The predicted molar refractivity (Wildman–Crippen MR) is 103 cm³/mol. The second-order valence-corrected chi connectivity index (χ2v) is 8.17. The summed E-state index contributed by atoms with van der Waals surface area (Å²) in [7, 11) is 0. The highest BCUT2D eigenvalue weighted by atomic mass is 79.9. The maximum absolute atomic E-state index is 12.0. The summed E-state index contributed by atoms with van der Waals surface area (Å²) < 4.78 is 6.18. The fraction of sp³-hybridized carbons (Fsp3) is 0.368. The Bertz CT molecular complexity index is 820. The molecule has 0 radical (unpaired) electrons. The molecule has 2 aromatic rings. The lowest BCUT2D eigenvalue weighted by Crippen LogP contribution is -2.37. The minimum Gasteiger partial charge on any atom is -0.480 e. The van der Waals surface area contributed by atoms with Crippen LogP contribution in [0.2, 0.25) is 0 Å². The van der Waals surface area contributed by atoms with Gasteiger partial charge in [0.1, 0.15) is 6.04 Å². The topological polar surface area (TPSA) is 66.8 Å². The van der Waals surface area contributed by atoms with Gasteiger partial charge in [0, 0.05) is 28.9 Å². The first-order valence-electron chi connectivity index (χ1n) is 8.53. The number of nitrogens with zero attached hydrogens (tertiary/aromatic N) is 1. The molecule has 0 fully saturated rings. The Hall–Kier alpha value is -1.70. The van der Waals surface area contributed by atoms with E-state index in [1.54, 1.807) is 0 Å². The van der Waals surface area contributed by atoms with Crippen molar-refractivity contribution in [1.29, 1.82) is 0 Å². The van der Waals surface area contributed by atoms with Gasteiger partial charge in [-0.25, -0.2) is 0 Å². The van der Waals surface area contributed by atoms with Crippen LogP contribution in [-0.4, -0.2) is 28.5 Å². The van der Waals surface area contributed by atoms with Crippen molar-refractivity contribution in [1.82, 2.24) is 4.90 Å². The van der Waals surface area contributed by atoms with E-state index in [0.29, 0.717) is 24.6 Å². The van der Waals surface area contributed by atoms with Crippen LogP contribution >= 0.6 is 27.3 Å². The monoisotopic (exact) mass is 437 g/mol. The molecule has 2 heterocycles. The summed E-state index contributed by atoms with van der Waals surface area (Å²) in [6.07, 6.45) is 1.90. The van der Waals surface area contributed by atoms with Gasteiger partial charge in [0.05, 0.1) is 0 Å². The number of thiophene rings is 1. The number of hydrogen-bond acceptors (Lipinski definition) is 5. The number of esters is 1. The van der Waals surface area contributed by atoms with E-state index < -0.39 is 12.0 Å². The zero-order chi connectivity index (χ0) is 18.7. The number of aliphatic carboxylic acids is 1. The summed E-state index contributed by atoms with van der Waals surface area (Å²) >= 11 is 4.95. The van der Waals surface area contributed by atoms with E-state index in [-0.39, 0.29) is 5.97 Å². The number of fused-ring (bicyclic) bond motifs is 1. The first-order valence-corrected chi connectivity index (χ1v) is 10.1. The van der Waals surface area contributed by atoms with E-state index >= 15 is 0 Å². The predicted octanol–water partition coefficient (Wildman–Crippen LogP) is 4.40. The van der Waals surface area contributed by atoms with E-state index in [9.17, 15) is 14.7 Å². The zero-order valence-electron chi connectivity index (χ0n) is 14.4. The van der Waals surface area contributed by atoms with Crippen molar-refractivity contribution in [2.75, 3.05) is 6.54 Å². The SMILES string of the molecule is CCCC(=O)Oc1cc2c(s1)CCN([C@H](C(=O)O)c1ccccc1Br)C2. The molecule has 0 bridgehead atoms. The molecule has 1 aromatic carbocycles. The lowest BCUT2D eigenvalue weighted by molar-refractivity contribution is -0.144. The molecule has 1 aromatic heterocycles. The third kappa shape index (κ3) is 4.16. The van der Waals surface area contributed by atoms with Gasteiger partial charge in [-0.05, 0) is 36.1 Å². The molecule has 1 atom stereocenters. The molecule has 0 spiro atoms. The maximum Gasteiger partial charge on any atom is 0.325 e. The Morgan fingerprint density at radius 2 is 2.15 bits per heavy atom. The smallest absolute Gasteiger partial charge is 0.325 e. The molecule has 26 heavy (non-hydrogen) atoms. The van der Waals surface area contributed by atoms with Crippen LogP contribution in [0.1, 0.15) is 41.8 Å². The quantitative estimate of drug-likeness (QED) is 0.678. The number of rotatable bonds is 6. The van der Waals surface area contributed by atoms with Crippen molar-refractivity contribution in [2.24, 2.45) is 0 Å². The second kappa shape index (κ2) is 8.33. The largest absolute Gasteiger partial charge is 0.480 e. The van der Waals surface area contributed by atoms with Crippen molar-refractivity contribution >= 4 is 39.2 Å². The zero-order valence-corrected chi connectivity index (χ0v) is 16.8. The first kappa shape index (κ1) is 19.1. The number of benzene rings is 1. The molecule has 138 valence electrons. The Kier molecular flexibility index (Phi) is 6.11. The Labute approximate surface area is 164 Å². The molecule has 1 N–H and O–H groups in total. The summed E-state index contributed by atoms with van der Waals surface area (Å²) in [5, 5.41) is 10.4. The molecule has 1 aliphatic heterocycles. The molecule has 0 aliphatic carbocycles. The molecule has 7 heteroatoms. The molecule has 0 unspecified atom stereocenters. The highest BCUT2D eigenvalue weighted by Crippen LogP contribution is 2.37. The number of carboxylic acids is 1. The van der Waals surface area contributed by atoms with Crippen LogP contribution in [0.5, 0.6) is 5.06 Å². The molecule has 0 saturated heterocycles. The van der Waals surface area contributed by atoms with Crippen molar-refractivity contribution in [3.05, 3.63) is 50.8 Å². The van der Waals surface area contributed by atoms with Gasteiger partial charge >= 0.3 is 11.9 Å². The van der Waals surface area contributed by atoms with E-state index in [0.717, 1.165) is 33.3 Å². The van der Waals surface area contributed by atoms with Gasteiger partial charge in [0.15, 0.2) is 5.06 Å². The summed E-state index contributed by atoms with van der Waals surface area (Å²) in [4.78, 5) is 26.8. The lowest BCUT2D eigenvalue weighted by Gasteiger charge is -2.32. The van der Waals surface area contributed by atoms with Crippen LogP contribution in [0.4, 0.5) is 0 Å². The molecule has 5 nitrogen and oxygen atoms in total. The summed E-state index contributed by atoms with van der Waals surface area (Å²) in [6, 6.07) is 8.57. The number of carbonyl (C=O) groups excluding carboxylic acids is 1. The van der Waals surface area contributed by atoms with Crippen LogP contribution in [0.3, 0.4) is 0 Å². The van der Waals surface area contributed by atoms with Gasteiger partial charge in [0.25, 0.3) is 0 Å². The number of halogens is 1. The van der Waals surface area contributed by atoms with Gasteiger partial charge in [-0.15, -0.1) is 11.3 Å². The third-order valence-electron chi connectivity index (χ3n) is 4.34. The van der Waals surface area contributed by atoms with Crippen LogP contribution in [0.25, 0.3) is 0 Å². The molecule has 0 amide bonds. The average Bonchev–Trinajstić information content (AvgIpc) is 2.98. The number of carboxylic acid groups (broad SMARTS) is 1. The molecular formula is C19H20BrNO4S. The fourth-order valence-electron chi connectivity index (χ4n) is 3.15. The minimum atomic E-state index is -0.870. The normalized spacial score (nSPS) is 15.3. The summed E-state index contributed by atoms with van der Waals surface area (Å²) in [5.74, 6) is -1.09. The van der Waals surface area contributed by atoms with Crippen molar-refractivity contribution in [3.8, 4) is 5.06 Å². The third-order valence-corrected chi connectivity index (χ3v) is 6.18. The van der Waals surface area contributed by atoms with Crippen LogP contribution in [-0.2, 0) is 22.6 Å². The van der Waals surface area contributed by atoms with Gasteiger partial charge in [-0.2, -0.15) is 0 Å². The van der Waals surface area contributed by atoms with Gasteiger partial charge in [-0.1, -0.05) is 41.1 Å². The molecule has 1 aliphatic rings. The highest BCUT2D eigenvalue weighted by Gasteiger charge is 2.32. The molecule has 3 rings (SSSR count). The van der Waals surface area contributed by atoms with Crippen molar-refractivity contribution in [2.45, 2.75) is 38.8 Å². The van der Waals surface area contributed by atoms with E-state index in [2.05, 4.69) is 15.9 Å². The van der Waals surface area contributed by atoms with Gasteiger partial charge in [0.2, 0.25) is 0 Å². The molecular weight excluding hydrogens is 418 g/mol. The highest BCUT2D eigenvalue weighted by molar-refractivity contribution is 9.10. The number of hydrogen-bond donors (Lipinski definition) is 1. The average molecular weight is 438 g/mol. The fourth-order valence-corrected chi connectivity index (χ4v) is 4.68. The van der Waals surface area contributed by atoms with Gasteiger partial charge < -0.3 is 9.84 Å². The first-order chi connectivity index (χ1) is 12.5. The Morgan fingerprint density at radius 3 is 2.85 bits per heavy atom. The van der Waals surface area contributed by atoms with Crippen LogP contribution in [0, 0.1) is 0 Å². The molecule has 0 saturated carbocycles. The van der Waals surface area contributed by atoms with E-state index in [1.807, 2.05) is 42.2 Å². The summed E-state index contributed by atoms with van der Waals surface area (Å²) in [5.41, 5.74) is 1.78. The standard InChI is InChI=1S/C19H20BrNO4S/c1-2-5-16(22)25-17-10-12-11-21(9-8-15(12)26-17)18(19(23)24)13-6-3-4-7-14(13)20/h3-4,6-7,10,18H,2,5,8-9,11H2,1H3,(H,23,24)/t18-/m0/s1. The Morgan fingerprint density at radius 1 is 1.38 bits per heavy atom. The number of carbonyl (C=O) groups is 2. The minimum absolute atomic E-state index is 0.223. The maximum atomic E-state index is 12.0. The van der Waals surface area contributed by atoms with E-state index in [4.69, 9.17) is 4.74 Å². The lowest BCUT2D eigenvalue weighted by atomic mass is 10.0.